The smallest absolute Gasteiger partial charge is 0.114 e. The summed E-state index contributed by atoms with van der Waals surface area (Å²) in [5.41, 5.74) is 0. The van der Waals surface area contributed by atoms with Gasteiger partial charge in [0.05, 0.1) is 0 Å². The maximum absolute atomic E-state index is 3.37. The van der Waals surface area contributed by atoms with E-state index in [1.807, 2.05) is 0 Å². The first kappa shape index (κ1) is 7.98. The summed E-state index contributed by atoms with van der Waals surface area (Å²) < 4.78 is 0. The summed E-state index contributed by atoms with van der Waals surface area (Å²) in [4.78, 5) is 2.37. The van der Waals surface area contributed by atoms with Gasteiger partial charge in [0, 0.05) is 13.1 Å². The van der Waals surface area contributed by atoms with Gasteiger partial charge in [0.15, 0.2) is 0 Å². The highest BCUT2D eigenvalue weighted by Crippen LogP contribution is 1.94. The SMILES string of the molecule is CCN(CC)C1NCCN1. The molecule has 0 aromatic heterocycles. The molecule has 3 heteroatoms. The van der Waals surface area contributed by atoms with Gasteiger partial charge in [-0.25, -0.2) is 0 Å². The lowest BCUT2D eigenvalue weighted by Crippen LogP contribution is -2.48. The number of nitrogens with one attached hydrogen (secondary N) is 2. The van der Waals surface area contributed by atoms with E-state index in [1.54, 1.807) is 0 Å². The fraction of sp³-hybridized carbons (Fsp3) is 1.00. The third kappa shape index (κ3) is 1.68. The molecule has 0 spiro atoms. The van der Waals surface area contributed by atoms with Gasteiger partial charge in [-0.3, -0.25) is 15.5 Å². The minimum Gasteiger partial charge on any atom is -0.288 e. The fourth-order valence-electron chi connectivity index (χ4n) is 1.34. The van der Waals surface area contributed by atoms with Crippen LogP contribution in [0.4, 0.5) is 0 Å². The van der Waals surface area contributed by atoms with Crippen molar-refractivity contribution in [3.05, 3.63) is 0 Å². The highest BCUT2D eigenvalue weighted by Gasteiger charge is 2.17. The van der Waals surface area contributed by atoms with Gasteiger partial charge in [-0.1, -0.05) is 13.8 Å². The second-order valence-electron chi connectivity index (χ2n) is 2.53. The molecular weight excluding hydrogens is 126 g/mol. The number of hydrogen-bond acceptors (Lipinski definition) is 3. The van der Waals surface area contributed by atoms with Gasteiger partial charge in [0.1, 0.15) is 6.29 Å². The second-order valence-corrected chi connectivity index (χ2v) is 2.53. The molecule has 1 heterocycles. The predicted octanol–water partition coefficient (Wildman–Crippen LogP) is -0.195. The van der Waals surface area contributed by atoms with Crippen LogP contribution in [0.3, 0.4) is 0 Å². The van der Waals surface area contributed by atoms with Crippen LogP contribution in [0.15, 0.2) is 0 Å². The van der Waals surface area contributed by atoms with E-state index in [2.05, 4.69) is 29.4 Å². The topological polar surface area (TPSA) is 27.3 Å². The predicted molar refractivity (Wildman–Crippen MR) is 42.7 cm³/mol. The minimum absolute atomic E-state index is 0.426. The summed E-state index contributed by atoms with van der Waals surface area (Å²) in [5, 5.41) is 6.75. The summed E-state index contributed by atoms with van der Waals surface area (Å²) in [7, 11) is 0. The first-order valence-corrected chi connectivity index (χ1v) is 4.09. The molecule has 1 aliphatic rings. The summed E-state index contributed by atoms with van der Waals surface area (Å²) in [6.07, 6.45) is 0.426. The molecule has 1 rings (SSSR count). The van der Waals surface area contributed by atoms with Gasteiger partial charge in [-0.05, 0) is 13.1 Å². The van der Waals surface area contributed by atoms with E-state index < -0.39 is 0 Å². The molecule has 0 aliphatic carbocycles. The molecule has 2 N–H and O–H groups in total. The molecule has 0 atom stereocenters. The molecule has 0 radical (unpaired) electrons. The van der Waals surface area contributed by atoms with Crippen molar-refractivity contribution >= 4 is 0 Å². The van der Waals surface area contributed by atoms with Crippen molar-refractivity contribution in [2.45, 2.75) is 20.1 Å². The fourth-order valence-corrected chi connectivity index (χ4v) is 1.34. The maximum Gasteiger partial charge on any atom is 0.114 e. The number of hydrogen-bond donors (Lipinski definition) is 2. The number of rotatable bonds is 3. The average molecular weight is 143 g/mol. The zero-order valence-electron chi connectivity index (χ0n) is 6.85. The Morgan fingerprint density at radius 3 is 2.10 bits per heavy atom. The summed E-state index contributed by atoms with van der Waals surface area (Å²) >= 11 is 0. The molecule has 1 fully saturated rings. The van der Waals surface area contributed by atoms with E-state index >= 15 is 0 Å². The molecule has 0 unspecified atom stereocenters. The quantitative estimate of drug-likeness (QED) is 0.573. The molecule has 3 nitrogen and oxygen atoms in total. The standard InChI is InChI=1S/C7H17N3/c1-3-10(4-2)7-8-5-6-9-7/h7-9H,3-6H2,1-2H3. The molecule has 0 aromatic carbocycles. The Hall–Kier alpha value is -0.120. The van der Waals surface area contributed by atoms with Gasteiger partial charge in [0.2, 0.25) is 0 Å². The Kier molecular flexibility index (Phi) is 3.12. The first-order chi connectivity index (χ1) is 4.88. The molecular formula is C7H17N3. The molecule has 0 bridgehead atoms. The van der Waals surface area contributed by atoms with Crippen LogP contribution >= 0.6 is 0 Å². The Morgan fingerprint density at radius 2 is 1.70 bits per heavy atom. The molecule has 0 aromatic rings. The van der Waals surface area contributed by atoms with Crippen molar-refractivity contribution in [2.75, 3.05) is 26.2 Å². The summed E-state index contributed by atoms with van der Waals surface area (Å²) in [6.45, 7) is 8.79. The van der Waals surface area contributed by atoms with E-state index in [0.717, 1.165) is 26.2 Å². The third-order valence-electron chi connectivity index (χ3n) is 1.98. The van der Waals surface area contributed by atoms with Gasteiger partial charge in [-0.2, -0.15) is 0 Å². The van der Waals surface area contributed by atoms with Gasteiger partial charge in [0.25, 0.3) is 0 Å². The van der Waals surface area contributed by atoms with E-state index in [4.69, 9.17) is 0 Å². The minimum atomic E-state index is 0.426. The van der Waals surface area contributed by atoms with Crippen molar-refractivity contribution in [1.82, 2.24) is 15.5 Å². The summed E-state index contributed by atoms with van der Waals surface area (Å²) in [6, 6.07) is 0. The second kappa shape index (κ2) is 3.91. The van der Waals surface area contributed by atoms with Crippen LogP contribution in [-0.2, 0) is 0 Å². The van der Waals surface area contributed by atoms with Crippen LogP contribution in [0.5, 0.6) is 0 Å². The lowest BCUT2D eigenvalue weighted by Gasteiger charge is -2.25. The largest absolute Gasteiger partial charge is 0.288 e. The number of nitrogens with zero attached hydrogens (tertiary/aromatic N) is 1. The maximum atomic E-state index is 3.37. The molecule has 1 saturated heterocycles. The van der Waals surface area contributed by atoms with E-state index in [9.17, 15) is 0 Å². The van der Waals surface area contributed by atoms with Gasteiger partial charge < -0.3 is 0 Å². The normalized spacial score (nSPS) is 20.7. The Labute approximate surface area is 62.8 Å². The third-order valence-corrected chi connectivity index (χ3v) is 1.98. The van der Waals surface area contributed by atoms with E-state index in [1.165, 1.54) is 0 Å². The molecule has 1 aliphatic heterocycles. The average Bonchev–Trinajstić information content (AvgIpc) is 2.43. The first-order valence-electron chi connectivity index (χ1n) is 4.09. The zero-order valence-corrected chi connectivity index (χ0v) is 6.85. The monoisotopic (exact) mass is 143 g/mol. The van der Waals surface area contributed by atoms with Crippen molar-refractivity contribution in [3.8, 4) is 0 Å². The highest BCUT2D eigenvalue weighted by molar-refractivity contribution is 4.72. The van der Waals surface area contributed by atoms with Crippen LogP contribution in [0.1, 0.15) is 13.8 Å². The van der Waals surface area contributed by atoms with Gasteiger partial charge in [-0.15, -0.1) is 0 Å². The van der Waals surface area contributed by atoms with Crippen LogP contribution in [0, 0.1) is 0 Å². The van der Waals surface area contributed by atoms with Crippen LogP contribution in [0.25, 0.3) is 0 Å². The highest BCUT2D eigenvalue weighted by atomic mass is 15.4. The Bertz CT molecular complexity index is 84.9. The molecule has 10 heavy (non-hydrogen) atoms. The van der Waals surface area contributed by atoms with Crippen LogP contribution in [-0.4, -0.2) is 37.4 Å². The van der Waals surface area contributed by atoms with Crippen molar-refractivity contribution in [3.63, 3.8) is 0 Å². The lowest BCUT2D eigenvalue weighted by molar-refractivity contribution is 0.182. The van der Waals surface area contributed by atoms with Crippen molar-refractivity contribution in [1.29, 1.82) is 0 Å². The molecule has 60 valence electrons. The van der Waals surface area contributed by atoms with Crippen LogP contribution in [0.2, 0.25) is 0 Å². The zero-order chi connectivity index (χ0) is 7.40. The van der Waals surface area contributed by atoms with Crippen molar-refractivity contribution < 1.29 is 0 Å². The summed E-state index contributed by atoms with van der Waals surface area (Å²) in [5.74, 6) is 0. The van der Waals surface area contributed by atoms with Crippen LogP contribution < -0.4 is 10.6 Å². The van der Waals surface area contributed by atoms with E-state index in [-0.39, 0.29) is 0 Å². The Balaban J connectivity index is 2.29. The Morgan fingerprint density at radius 1 is 1.20 bits per heavy atom. The lowest BCUT2D eigenvalue weighted by atomic mass is 10.5. The van der Waals surface area contributed by atoms with Gasteiger partial charge >= 0.3 is 0 Å². The molecule has 0 saturated carbocycles. The molecule has 0 amide bonds. The van der Waals surface area contributed by atoms with E-state index in [0.29, 0.717) is 6.29 Å². The van der Waals surface area contributed by atoms with Crippen molar-refractivity contribution in [2.24, 2.45) is 0 Å².